The summed E-state index contributed by atoms with van der Waals surface area (Å²) in [6.07, 6.45) is 9.41. The lowest BCUT2D eigenvalue weighted by molar-refractivity contribution is -0.149. The van der Waals surface area contributed by atoms with Crippen LogP contribution in [0.1, 0.15) is 56.9 Å². The van der Waals surface area contributed by atoms with E-state index in [-0.39, 0.29) is 66.7 Å². The predicted molar refractivity (Wildman–Crippen MR) is 139 cm³/mol. The van der Waals surface area contributed by atoms with Gasteiger partial charge < -0.3 is 24.5 Å². The quantitative estimate of drug-likeness (QED) is 0.534. The van der Waals surface area contributed by atoms with Crippen molar-refractivity contribution in [2.45, 2.75) is 59.2 Å². The van der Waals surface area contributed by atoms with Crippen LogP contribution in [0, 0.1) is 11.8 Å². The molecule has 2 aliphatic heterocycles. The Hall–Kier alpha value is -3.79. The van der Waals surface area contributed by atoms with Crippen molar-refractivity contribution >= 4 is 23.6 Å². The van der Waals surface area contributed by atoms with Gasteiger partial charge in [-0.1, -0.05) is 45.1 Å². The summed E-state index contributed by atoms with van der Waals surface area (Å²) in [6, 6.07) is 0. The van der Waals surface area contributed by atoms with Gasteiger partial charge in [-0.25, -0.2) is 9.78 Å². The van der Waals surface area contributed by atoms with Gasteiger partial charge >= 0.3 is 5.97 Å². The van der Waals surface area contributed by atoms with Crippen LogP contribution in [0.2, 0.25) is 0 Å². The first kappa shape index (κ1) is 28.8. The number of carbonyl (C=O) groups is 4. The molecule has 3 atom stereocenters. The molecule has 2 aliphatic rings. The van der Waals surface area contributed by atoms with Crippen molar-refractivity contribution in [3.8, 4) is 0 Å². The molecule has 0 aliphatic carbocycles. The van der Waals surface area contributed by atoms with E-state index in [4.69, 9.17) is 9.15 Å². The molecule has 10 heteroatoms. The maximum atomic E-state index is 13.1. The van der Waals surface area contributed by atoms with Crippen molar-refractivity contribution in [1.29, 1.82) is 0 Å². The van der Waals surface area contributed by atoms with Crippen LogP contribution in [0.3, 0.4) is 0 Å². The summed E-state index contributed by atoms with van der Waals surface area (Å²) in [5.41, 5.74) is 0.775. The summed E-state index contributed by atoms with van der Waals surface area (Å²) in [6.45, 7) is 7.96. The second kappa shape index (κ2) is 13.1. The Morgan fingerprint density at radius 3 is 2.66 bits per heavy atom. The molecule has 0 spiro atoms. The maximum Gasteiger partial charge on any atom is 0.355 e. The zero-order valence-corrected chi connectivity index (χ0v) is 22.2. The molecule has 1 aromatic rings. The number of oxazole rings is 1. The molecule has 2 N–H and O–H groups in total. The minimum atomic E-state index is -1.06. The minimum Gasteiger partial charge on any atom is -0.457 e. The van der Waals surface area contributed by atoms with E-state index in [1.807, 2.05) is 20.8 Å². The number of nitrogens with zero attached hydrogens (tertiary/aromatic N) is 2. The zero-order valence-electron chi connectivity index (χ0n) is 22.2. The third-order valence-electron chi connectivity index (χ3n) is 6.19. The normalized spacial score (nSPS) is 27.6. The number of ketones is 1. The number of rotatable bonds is 1. The van der Waals surface area contributed by atoms with Crippen LogP contribution in [0.5, 0.6) is 0 Å². The standard InChI is InChI=1S/C28H35N3O7/c1-17(2)26-19(4)9-10-24(34)29-11-5-7-18(3)13-20(32)14-21(33)15-25-30-22(16-37-25)27(35)31-12-6-8-23(31)28(36)38-26/h5,7-10,13,16-17,19,21,26,33H,6,11-12,14-15H2,1-4H3,(H,29,34)/b7-5+,10-9+,18-13+/t19-,21+,26?/m1/s1. The fraction of sp³-hybridized carbons (Fsp3) is 0.464. The van der Waals surface area contributed by atoms with Crippen LogP contribution in [-0.2, 0) is 25.5 Å². The summed E-state index contributed by atoms with van der Waals surface area (Å²) in [5.74, 6) is -1.97. The lowest BCUT2D eigenvalue weighted by Gasteiger charge is -2.27. The first-order chi connectivity index (χ1) is 18.0. The Labute approximate surface area is 222 Å². The lowest BCUT2D eigenvalue weighted by atomic mass is 9.94. The van der Waals surface area contributed by atoms with Gasteiger partial charge in [0, 0.05) is 25.4 Å². The summed E-state index contributed by atoms with van der Waals surface area (Å²) in [5, 5.41) is 13.1. The highest BCUT2D eigenvalue weighted by Gasteiger charge is 2.33. The molecule has 3 heterocycles. The second-order valence-corrected chi connectivity index (χ2v) is 9.86. The van der Waals surface area contributed by atoms with Crippen LogP contribution in [0.25, 0.3) is 0 Å². The van der Waals surface area contributed by atoms with E-state index in [0.29, 0.717) is 12.0 Å². The average Bonchev–Trinajstić information content (AvgIpc) is 3.52. The van der Waals surface area contributed by atoms with E-state index in [2.05, 4.69) is 10.3 Å². The van der Waals surface area contributed by atoms with Crippen molar-refractivity contribution in [3.63, 3.8) is 0 Å². The molecule has 0 saturated heterocycles. The topological polar surface area (TPSA) is 139 Å². The van der Waals surface area contributed by atoms with Crippen molar-refractivity contribution < 1.29 is 33.4 Å². The third-order valence-corrected chi connectivity index (χ3v) is 6.19. The minimum absolute atomic E-state index is 0.0129. The summed E-state index contributed by atoms with van der Waals surface area (Å²) < 4.78 is 11.2. The van der Waals surface area contributed by atoms with Crippen molar-refractivity contribution in [3.05, 3.63) is 65.6 Å². The summed E-state index contributed by atoms with van der Waals surface area (Å²) in [4.78, 5) is 56.3. The van der Waals surface area contributed by atoms with Gasteiger partial charge in [0.2, 0.25) is 5.91 Å². The maximum absolute atomic E-state index is 13.1. The molecule has 0 saturated carbocycles. The van der Waals surface area contributed by atoms with Crippen LogP contribution in [-0.4, -0.2) is 63.9 Å². The number of esters is 1. The van der Waals surface area contributed by atoms with Gasteiger partial charge in [0.05, 0.1) is 12.5 Å². The Bertz CT molecular complexity index is 1170. The van der Waals surface area contributed by atoms with Crippen molar-refractivity contribution in [1.82, 2.24) is 15.2 Å². The van der Waals surface area contributed by atoms with Gasteiger partial charge in [0.1, 0.15) is 18.1 Å². The predicted octanol–water partition coefficient (Wildman–Crippen LogP) is 2.66. The van der Waals surface area contributed by atoms with Gasteiger partial charge in [0.15, 0.2) is 17.4 Å². The first-order valence-corrected chi connectivity index (χ1v) is 12.7. The van der Waals surface area contributed by atoms with Crippen molar-refractivity contribution in [2.24, 2.45) is 11.8 Å². The Kier molecular flexibility index (Phi) is 9.95. The molecule has 3 rings (SSSR count). The smallest absolute Gasteiger partial charge is 0.355 e. The molecule has 0 fully saturated rings. The lowest BCUT2D eigenvalue weighted by Crippen LogP contribution is -2.36. The number of aliphatic hydroxyl groups is 1. The zero-order chi connectivity index (χ0) is 27.8. The van der Waals surface area contributed by atoms with Gasteiger partial charge in [-0.05, 0) is 37.0 Å². The molecular weight excluding hydrogens is 490 g/mol. The van der Waals surface area contributed by atoms with Gasteiger partial charge in [-0.15, -0.1) is 0 Å². The number of fused-ring (bicyclic) bond motifs is 3. The van der Waals surface area contributed by atoms with E-state index >= 15 is 0 Å². The van der Waals surface area contributed by atoms with E-state index in [0.717, 1.165) is 0 Å². The molecule has 1 aromatic heterocycles. The monoisotopic (exact) mass is 525 g/mol. The highest BCUT2D eigenvalue weighted by atomic mass is 16.5. The highest BCUT2D eigenvalue weighted by Crippen LogP contribution is 2.24. The third kappa shape index (κ3) is 7.85. The highest BCUT2D eigenvalue weighted by molar-refractivity contribution is 6.00. The number of aromatic nitrogens is 1. The molecule has 204 valence electrons. The number of carbonyl (C=O) groups excluding carboxylic acids is 4. The molecular formula is C28H35N3O7. The van der Waals surface area contributed by atoms with Crippen LogP contribution in [0.4, 0.5) is 0 Å². The number of nitrogens with one attached hydrogen (secondary N) is 1. The van der Waals surface area contributed by atoms with Gasteiger partial charge in [-0.2, -0.15) is 0 Å². The number of ether oxygens (including phenoxy) is 1. The Balaban J connectivity index is 1.86. The first-order valence-electron chi connectivity index (χ1n) is 12.7. The average molecular weight is 526 g/mol. The largest absolute Gasteiger partial charge is 0.457 e. The number of allylic oxidation sites excluding steroid dienone is 3. The Morgan fingerprint density at radius 2 is 1.92 bits per heavy atom. The molecule has 0 radical (unpaired) electrons. The molecule has 10 nitrogen and oxygen atoms in total. The fourth-order valence-corrected chi connectivity index (χ4v) is 4.32. The van der Waals surface area contributed by atoms with E-state index in [9.17, 15) is 24.3 Å². The second-order valence-electron chi connectivity index (χ2n) is 9.86. The van der Waals surface area contributed by atoms with Gasteiger partial charge in [-0.3, -0.25) is 14.4 Å². The van der Waals surface area contributed by atoms with E-state index in [1.165, 1.54) is 23.3 Å². The summed E-state index contributed by atoms with van der Waals surface area (Å²) in [7, 11) is 0. The molecule has 38 heavy (non-hydrogen) atoms. The number of hydrogen-bond donors (Lipinski definition) is 2. The van der Waals surface area contributed by atoms with Gasteiger partial charge in [0.25, 0.3) is 5.91 Å². The van der Waals surface area contributed by atoms with Crippen LogP contribution in [0.15, 0.2) is 58.4 Å². The number of amides is 2. The molecule has 2 bridgehead atoms. The van der Waals surface area contributed by atoms with Crippen molar-refractivity contribution in [2.75, 3.05) is 13.1 Å². The van der Waals surface area contributed by atoms with Crippen LogP contribution >= 0.6 is 0 Å². The number of aliphatic hydroxyl groups excluding tert-OH is 1. The number of hydrogen-bond acceptors (Lipinski definition) is 8. The summed E-state index contributed by atoms with van der Waals surface area (Å²) >= 11 is 0. The van der Waals surface area contributed by atoms with E-state index < -0.39 is 24.1 Å². The molecule has 2 amide bonds. The van der Waals surface area contributed by atoms with E-state index in [1.54, 1.807) is 31.2 Å². The Morgan fingerprint density at radius 1 is 1.16 bits per heavy atom. The molecule has 1 unspecified atom stereocenters. The number of cyclic esters (lactones) is 1. The SMILES string of the molecule is CC1=C\C(=O)C[C@H](O)Cc2nc(co2)C(=O)N2CCC=C2C(=O)OC(C(C)C)[C@H](C)/C=C/C(=O)NC\C=C\1. The molecule has 0 aromatic carbocycles. The van der Waals surface area contributed by atoms with Crippen LogP contribution < -0.4 is 5.32 Å². The fourth-order valence-electron chi connectivity index (χ4n) is 4.32.